The summed E-state index contributed by atoms with van der Waals surface area (Å²) >= 11 is 6.60. The molecule has 2 aromatic carbocycles. The number of nitrogens with one attached hydrogen (secondary N) is 2. The highest BCUT2D eigenvalue weighted by Crippen LogP contribution is 2.44. The van der Waals surface area contributed by atoms with Crippen molar-refractivity contribution in [1.29, 1.82) is 0 Å². The lowest BCUT2D eigenvalue weighted by Crippen LogP contribution is -2.19. The van der Waals surface area contributed by atoms with Gasteiger partial charge in [0, 0.05) is 17.3 Å². The number of anilines is 2. The molecule has 0 radical (unpaired) electrons. The molecule has 2 aliphatic carbocycles. The largest absolute Gasteiger partial charge is 0.507 e. The number of ether oxygens (including phenoxy) is 1. The number of rotatable bonds is 7. The molecule has 3 N–H and O–H groups in total. The number of phenolic OH excluding ortho intramolecular Hbond substituents is 1. The maximum atomic E-state index is 13.1. The van der Waals surface area contributed by atoms with Crippen LogP contribution in [0, 0.1) is 5.92 Å². The first-order chi connectivity index (χ1) is 16.4. The van der Waals surface area contributed by atoms with E-state index in [1.807, 2.05) is 0 Å². The smallest absolute Gasteiger partial charge is 0.244 e. The number of aromatic nitrogens is 4. The number of sulfone groups is 1. The van der Waals surface area contributed by atoms with E-state index in [4.69, 9.17) is 16.3 Å². The van der Waals surface area contributed by atoms with E-state index in [-0.39, 0.29) is 22.3 Å². The van der Waals surface area contributed by atoms with Crippen LogP contribution in [0.5, 0.6) is 17.2 Å². The van der Waals surface area contributed by atoms with Crippen LogP contribution >= 0.6 is 11.6 Å². The van der Waals surface area contributed by atoms with Crippen molar-refractivity contribution in [2.75, 3.05) is 11.1 Å². The minimum absolute atomic E-state index is 0.0387. The van der Waals surface area contributed by atoms with Gasteiger partial charge in [-0.15, -0.1) is 0 Å². The molecule has 1 saturated carbocycles. The highest BCUT2D eigenvalue weighted by atomic mass is 35.5. The molecule has 0 spiro atoms. The van der Waals surface area contributed by atoms with Gasteiger partial charge < -0.3 is 15.2 Å². The zero-order valence-corrected chi connectivity index (χ0v) is 20.1. The summed E-state index contributed by atoms with van der Waals surface area (Å²) in [6, 6.07) is 6.07. The summed E-state index contributed by atoms with van der Waals surface area (Å²) in [6.07, 6.45) is 7.62. The van der Waals surface area contributed by atoms with Crippen LogP contribution in [0.4, 0.5) is 11.6 Å². The Morgan fingerprint density at radius 2 is 1.91 bits per heavy atom. The van der Waals surface area contributed by atoms with Crippen LogP contribution in [0.2, 0.25) is 5.02 Å². The molecule has 180 valence electrons. The number of nitrogens with zero attached hydrogens (tertiary/aromatic N) is 3. The first kappa shape index (κ1) is 22.9. The summed E-state index contributed by atoms with van der Waals surface area (Å²) in [4.78, 5) is -0.0977. The number of tetrazole rings is 1. The first-order valence-corrected chi connectivity index (χ1v) is 13.5. The lowest BCUT2D eigenvalue weighted by molar-refractivity contribution is 0.384. The maximum Gasteiger partial charge on any atom is 0.244 e. The van der Waals surface area contributed by atoms with Crippen LogP contribution in [0.25, 0.3) is 0 Å². The molecule has 1 heterocycles. The fourth-order valence-electron chi connectivity index (χ4n) is 4.96. The van der Waals surface area contributed by atoms with Gasteiger partial charge in [-0.1, -0.05) is 36.0 Å². The lowest BCUT2D eigenvalue weighted by Gasteiger charge is -2.21. The number of benzene rings is 2. The second-order valence-corrected chi connectivity index (χ2v) is 11.3. The van der Waals surface area contributed by atoms with E-state index in [0.29, 0.717) is 22.5 Å². The Kier molecular flexibility index (Phi) is 6.35. The van der Waals surface area contributed by atoms with E-state index in [0.717, 1.165) is 68.2 Å². The minimum Gasteiger partial charge on any atom is -0.507 e. The van der Waals surface area contributed by atoms with Gasteiger partial charge in [-0.3, -0.25) is 0 Å². The van der Waals surface area contributed by atoms with Crippen LogP contribution in [0.15, 0.2) is 29.2 Å². The Morgan fingerprint density at radius 1 is 1.12 bits per heavy atom. The van der Waals surface area contributed by atoms with Crippen molar-refractivity contribution in [3.63, 3.8) is 0 Å². The summed E-state index contributed by atoms with van der Waals surface area (Å²) in [5, 5.41) is 27.5. The van der Waals surface area contributed by atoms with Gasteiger partial charge in [0.25, 0.3) is 0 Å². The van der Waals surface area contributed by atoms with Crippen molar-refractivity contribution < 1.29 is 18.3 Å². The summed E-state index contributed by atoms with van der Waals surface area (Å²) in [5.41, 5.74) is 2.81. The van der Waals surface area contributed by atoms with Crippen LogP contribution in [-0.2, 0) is 22.7 Å². The summed E-state index contributed by atoms with van der Waals surface area (Å²) < 4.78 is 32.4. The molecule has 0 atom stereocenters. The molecule has 1 aromatic heterocycles. The molecule has 34 heavy (non-hydrogen) atoms. The molecule has 0 aliphatic heterocycles. The normalized spacial score (nSPS) is 16.4. The predicted octanol–water partition coefficient (Wildman–Crippen LogP) is 4.94. The Hall–Kier alpha value is -2.85. The molecule has 0 bridgehead atoms. The molecule has 0 unspecified atom stereocenters. The summed E-state index contributed by atoms with van der Waals surface area (Å²) in [6.45, 7) is 0. The number of fused-ring (bicyclic) bond motifs is 1. The second kappa shape index (κ2) is 9.42. The van der Waals surface area contributed by atoms with Crippen LogP contribution in [0.3, 0.4) is 0 Å². The maximum absolute atomic E-state index is 13.1. The molecule has 5 rings (SSSR count). The quantitative estimate of drug-likeness (QED) is 0.413. The van der Waals surface area contributed by atoms with Crippen LogP contribution < -0.4 is 10.1 Å². The Morgan fingerprint density at radius 3 is 2.68 bits per heavy atom. The molecular formula is C23H26ClN5O4S. The van der Waals surface area contributed by atoms with Gasteiger partial charge in [0.05, 0.1) is 10.8 Å². The van der Waals surface area contributed by atoms with Gasteiger partial charge in [0.1, 0.15) is 22.1 Å². The summed E-state index contributed by atoms with van der Waals surface area (Å²) in [7, 11) is -3.66. The third kappa shape index (κ3) is 4.69. The first-order valence-electron chi connectivity index (χ1n) is 11.5. The van der Waals surface area contributed by atoms with Crippen molar-refractivity contribution in [2.45, 2.75) is 56.3 Å². The molecule has 2 aliphatic rings. The highest BCUT2D eigenvalue weighted by molar-refractivity contribution is 7.91. The number of H-pyrrole nitrogens is 1. The molecule has 1 fully saturated rings. The Bertz CT molecular complexity index is 1290. The molecule has 0 saturated heterocycles. The molecule has 11 heteroatoms. The topological polar surface area (TPSA) is 130 Å². The van der Waals surface area contributed by atoms with Gasteiger partial charge in [-0.25, -0.2) is 13.5 Å². The van der Waals surface area contributed by atoms with E-state index in [1.165, 1.54) is 12.1 Å². The molecule has 0 amide bonds. The van der Waals surface area contributed by atoms with Gasteiger partial charge in [0.15, 0.2) is 9.84 Å². The Labute approximate surface area is 202 Å². The zero-order valence-electron chi connectivity index (χ0n) is 18.6. The predicted molar refractivity (Wildman–Crippen MR) is 128 cm³/mol. The monoisotopic (exact) mass is 503 g/mol. The van der Waals surface area contributed by atoms with E-state index in [9.17, 15) is 13.5 Å². The van der Waals surface area contributed by atoms with E-state index in [1.54, 1.807) is 12.1 Å². The van der Waals surface area contributed by atoms with Crippen molar-refractivity contribution in [2.24, 2.45) is 5.92 Å². The standard InChI is InChI=1S/C23H26ClN5O4S/c24-18-12-19(25-23-26-28-29-27-23)16-7-4-8-17(16)22(18)33-15-9-10-20(30)21(11-15)34(31,32)13-14-5-2-1-3-6-14/h9-12,14,30H,1-8,13H2,(H2,25,26,27,28,29). The number of phenols is 1. The minimum atomic E-state index is -3.66. The van der Waals surface area contributed by atoms with Gasteiger partial charge in [-0.2, -0.15) is 0 Å². The Balaban J connectivity index is 1.43. The van der Waals surface area contributed by atoms with E-state index < -0.39 is 9.84 Å². The zero-order chi connectivity index (χ0) is 23.7. The number of aromatic hydroxyl groups is 1. The number of hydrogen-bond donors (Lipinski definition) is 3. The van der Waals surface area contributed by atoms with E-state index >= 15 is 0 Å². The molecule has 9 nitrogen and oxygen atoms in total. The second-order valence-electron chi connectivity index (χ2n) is 8.94. The van der Waals surface area contributed by atoms with Crippen LogP contribution in [-0.4, -0.2) is 39.9 Å². The summed E-state index contributed by atoms with van der Waals surface area (Å²) in [5.74, 6) is 1.12. The fraction of sp³-hybridized carbons (Fsp3) is 0.435. The lowest BCUT2D eigenvalue weighted by atomic mass is 9.91. The van der Waals surface area contributed by atoms with Crippen molar-refractivity contribution >= 4 is 33.1 Å². The van der Waals surface area contributed by atoms with Gasteiger partial charge in [-0.05, 0) is 72.2 Å². The third-order valence-electron chi connectivity index (χ3n) is 6.57. The third-order valence-corrected chi connectivity index (χ3v) is 8.76. The van der Waals surface area contributed by atoms with Gasteiger partial charge >= 0.3 is 0 Å². The van der Waals surface area contributed by atoms with Crippen molar-refractivity contribution in [1.82, 2.24) is 20.6 Å². The highest BCUT2D eigenvalue weighted by Gasteiger charge is 2.27. The average molecular weight is 504 g/mol. The number of halogens is 1. The van der Waals surface area contributed by atoms with Crippen molar-refractivity contribution in [3.8, 4) is 17.2 Å². The van der Waals surface area contributed by atoms with Crippen molar-refractivity contribution in [3.05, 3.63) is 40.4 Å². The number of aromatic amines is 1. The van der Waals surface area contributed by atoms with Gasteiger partial charge in [0.2, 0.25) is 5.95 Å². The molecular weight excluding hydrogens is 478 g/mol. The molecule has 3 aromatic rings. The fourth-order valence-corrected chi connectivity index (χ4v) is 7.03. The average Bonchev–Trinajstić information content (AvgIpc) is 3.50. The SMILES string of the molecule is O=S(=O)(CC1CCCCC1)c1cc(Oc2c(Cl)cc(Nc3nnn[nH]3)c3c2CCC3)ccc1O. The van der Waals surface area contributed by atoms with E-state index in [2.05, 4.69) is 25.9 Å². The number of hydrogen-bond acceptors (Lipinski definition) is 8. The van der Waals surface area contributed by atoms with Crippen LogP contribution in [0.1, 0.15) is 49.7 Å².